The summed E-state index contributed by atoms with van der Waals surface area (Å²) in [6.07, 6.45) is 5.69. The van der Waals surface area contributed by atoms with E-state index in [0.717, 1.165) is 41.8 Å². The van der Waals surface area contributed by atoms with Crippen molar-refractivity contribution in [2.75, 3.05) is 13.7 Å². The number of Topliss-reactive ketones (excluding diaryl/α,β-unsaturated/α-hetero) is 1. The van der Waals surface area contributed by atoms with E-state index in [-0.39, 0.29) is 5.78 Å². The molecule has 0 bridgehead atoms. The van der Waals surface area contributed by atoms with Crippen LogP contribution in [0.25, 0.3) is 0 Å². The number of aryl methyl sites for hydroxylation is 1. The van der Waals surface area contributed by atoms with E-state index >= 15 is 0 Å². The fourth-order valence-electron chi connectivity index (χ4n) is 2.17. The quantitative estimate of drug-likeness (QED) is 0.732. The Labute approximate surface area is 115 Å². The first-order chi connectivity index (χ1) is 9.10. The molecule has 0 aliphatic heterocycles. The smallest absolute Gasteiger partial charge is 0.138 e. The van der Waals surface area contributed by atoms with Gasteiger partial charge in [-0.15, -0.1) is 0 Å². The Hall–Kier alpha value is -1.42. The molecule has 19 heavy (non-hydrogen) atoms. The Kier molecular flexibility index (Phi) is 6.50. The lowest BCUT2D eigenvalue weighted by atomic mass is 10.0. The summed E-state index contributed by atoms with van der Waals surface area (Å²) >= 11 is 0. The highest BCUT2D eigenvalue weighted by Gasteiger charge is 2.12. The fourth-order valence-corrected chi connectivity index (χ4v) is 2.17. The molecule has 0 aliphatic carbocycles. The van der Waals surface area contributed by atoms with Crippen LogP contribution in [0.15, 0.2) is 6.20 Å². The highest BCUT2D eigenvalue weighted by atomic mass is 16.5. The minimum Gasteiger partial charge on any atom is -0.496 e. The predicted molar refractivity (Wildman–Crippen MR) is 76.5 cm³/mol. The number of nitrogens with two attached hydrogens (primary N) is 1. The Balaban J connectivity index is 2.59. The van der Waals surface area contributed by atoms with Gasteiger partial charge in [0.1, 0.15) is 11.5 Å². The zero-order valence-corrected chi connectivity index (χ0v) is 12.2. The van der Waals surface area contributed by atoms with Crippen molar-refractivity contribution in [2.45, 2.75) is 46.0 Å². The van der Waals surface area contributed by atoms with E-state index in [1.165, 1.54) is 0 Å². The molecule has 0 atom stereocenters. The number of carbonyl (C=O) groups is 1. The molecule has 4 nitrogen and oxygen atoms in total. The first-order valence-corrected chi connectivity index (χ1v) is 6.81. The van der Waals surface area contributed by atoms with Crippen molar-refractivity contribution in [3.63, 3.8) is 0 Å². The van der Waals surface area contributed by atoms with Crippen LogP contribution in [0.3, 0.4) is 0 Å². The molecule has 1 heterocycles. The predicted octanol–water partition coefficient (Wildman–Crippen LogP) is 2.34. The van der Waals surface area contributed by atoms with Crippen LogP contribution in [0.1, 0.15) is 42.5 Å². The number of unbranched alkanes of at least 4 members (excludes halogenated alkanes) is 2. The van der Waals surface area contributed by atoms with Crippen molar-refractivity contribution >= 4 is 5.78 Å². The first-order valence-electron chi connectivity index (χ1n) is 6.81. The number of nitrogens with zero attached hydrogens (tertiary/aromatic N) is 1. The molecule has 4 heteroatoms. The molecule has 106 valence electrons. The van der Waals surface area contributed by atoms with Crippen molar-refractivity contribution in [2.24, 2.45) is 5.73 Å². The van der Waals surface area contributed by atoms with Crippen LogP contribution < -0.4 is 10.5 Å². The van der Waals surface area contributed by atoms with Gasteiger partial charge in [-0.2, -0.15) is 0 Å². The molecule has 0 amide bonds. The number of aromatic nitrogens is 1. The van der Waals surface area contributed by atoms with Crippen molar-refractivity contribution < 1.29 is 9.53 Å². The summed E-state index contributed by atoms with van der Waals surface area (Å²) in [5, 5.41) is 0. The Bertz CT molecular complexity index is 430. The monoisotopic (exact) mass is 264 g/mol. The van der Waals surface area contributed by atoms with Gasteiger partial charge >= 0.3 is 0 Å². The normalized spacial score (nSPS) is 10.5. The lowest BCUT2D eigenvalue weighted by molar-refractivity contribution is -0.118. The molecule has 0 radical (unpaired) electrons. The van der Waals surface area contributed by atoms with Crippen LogP contribution in [-0.4, -0.2) is 24.4 Å². The molecule has 0 spiro atoms. The van der Waals surface area contributed by atoms with E-state index in [1.54, 1.807) is 13.3 Å². The molecule has 0 fully saturated rings. The third-order valence-electron chi connectivity index (χ3n) is 3.27. The van der Waals surface area contributed by atoms with Gasteiger partial charge in [0.25, 0.3) is 0 Å². The minimum absolute atomic E-state index is 0.235. The van der Waals surface area contributed by atoms with Crippen LogP contribution in [0, 0.1) is 13.8 Å². The molecular weight excluding hydrogens is 240 g/mol. The second-order valence-electron chi connectivity index (χ2n) is 4.86. The lowest BCUT2D eigenvalue weighted by Gasteiger charge is -2.11. The summed E-state index contributed by atoms with van der Waals surface area (Å²) in [6, 6.07) is 0. The van der Waals surface area contributed by atoms with Gasteiger partial charge in [0.15, 0.2) is 0 Å². The second kappa shape index (κ2) is 7.89. The number of ketones is 1. The topological polar surface area (TPSA) is 65.2 Å². The van der Waals surface area contributed by atoms with Gasteiger partial charge in [0.05, 0.1) is 12.8 Å². The second-order valence-corrected chi connectivity index (χ2v) is 4.86. The number of methoxy groups -OCH3 is 1. The summed E-state index contributed by atoms with van der Waals surface area (Å²) in [6.45, 7) is 4.61. The fraction of sp³-hybridized carbons (Fsp3) is 0.600. The maximum Gasteiger partial charge on any atom is 0.138 e. The van der Waals surface area contributed by atoms with E-state index < -0.39 is 0 Å². The number of carbonyl (C=O) groups excluding carboxylic acids is 1. The summed E-state index contributed by atoms with van der Waals surface area (Å²) in [5.41, 5.74) is 8.22. The maximum atomic E-state index is 11.9. The average Bonchev–Trinajstić information content (AvgIpc) is 2.39. The lowest BCUT2D eigenvalue weighted by Crippen LogP contribution is -2.08. The van der Waals surface area contributed by atoms with Crippen LogP contribution >= 0.6 is 0 Å². The third kappa shape index (κ3) is 4.63. The van der Waals surface area contributed by atoms with Crippen LogP contribution in [0.5, 0.6) is 5.75 Å². The van der Waals surface area contributed by atoms with Crippen LogP contribution in [-0.2, 0) is 11.2 Å². The van der Waals surface area contributed by atoms with Gasteiger partial charge in [0, 0.05) is 30.2 Å². The van der Waals surface area contributed by atoms with E-state index in [9.17, 15) is 4.79 Å². The summed E-state index contributed by atoms with van der Waals surface area (Å²) in [4.78, 5) is 16.3. The maximum absolute atomic E-state index is 11.9. The number of pyridine rings is 1. The molecule has 0 unspecified atom stereocenters. The number of ether oxygens (including phenoxy) is 1. The molecule has 2 N–H and O–H groups in total. The Morgan fingerprint density at radius 1 is 1.32 bits per heavy atom. The summed E-state index contributed by atoms with van der Waals surface area (Å²) in [7, 11) is 1.65. The van der Waals surface area contributed by atoms with E-state index in [2.05, 4.69) is 4.98 Å². The molecule has 0 saturated carbocycles. The SMILES string of the molecule is COc1c(C)cnc(CC(=O)CCCCCN)c1C. The Morgan fingerprint density at radius 3 is 2.68 bits per heavy atom. The molecule has 0 aliphatic rings. The van der Waals surface area contributed by atoms with Crippen molar-refractivity contribution in [3.8, 4) is 5.75 Å². The van der Waals surface area contributed by atoms with E-state index in [0.29, 0.717) is 19.4 Å². The van der Waals surface area contributed by atoms with Crippen molar-refractivity contribution in [1.29, 1.82) is 0 Å². The van der Waals surface area contributed by atoms with Crippen molar-refractivity contribution in [3.05, 3.63) is 23.0 Å². The van der Waals surface area contributed by atoms with Gasteiger partial charge in [0.2, 0.25) is 0 Å². The number of rotatable bonds is 8. The van der Waals surface area contributed by atoms with Crippen LogP contribution in [0.2, 0.25) is 0 Å². The van der Waals surface area contributed by atoms with Crippen molar-refractivity contribution in [1.82, 2.24) is 4.98 Å². The Morgan fingerprint density at radius 2 is 2.05 bits per heavy atom. The van der Waals surface area contributed by atoms with Gasteiger partial charge in [-0.25, -0.2) is 0 Å². The highest BCUT2D eigenvalue weighted by molar-refractivity contribution is 5.80. The molecule has 1 aromatic rings. The van der Waals surface area contributed by atoms with E-state index in [4.69, 9.17) is 10.5 Å². The largest absolute Gasteiger partial charge is 0.496 e. The van der Waals surface area contributed by atoms with Gasteiger partial charge < -0.3 is 10.5 Å². The molecule has 1 aromatic heterocycles. The zero-order chi connectivity index (χ0) is 14.3. The third-order valence-corrected chi connectivity index (χ3v) is 3.27. The summed E-state index contributed by atoms with van der Waals surface area (Å²) < 4.78 is 5.35. The highest BCUT2D eigenvalue weighted by Crippen LogP contribution is 2.24. The first kappa shape index (κ1) is 15.6. The van der Waals surface area contributed by atoms with Gasteiger partial charge in [-0.3, -0.25) is 9.78 Å². The number of hydrogen-bond acceptors (Lipinski definition) is 4. The standard InChI is InChI=1S/C15H24N2O2/c1-11-10-17-14(12(2)15(11)19-3)9-13(18)7-5-4-6-8-16/h10H,4-9,16H2,1-3H3. The number of hydrogen-bond donors (Lipinski definition) is 1. The van der Waals surface area contributed by atoms with Gasteiger partial charge in [-0.1, -0.05) is 6.42 Å². The minimum atomic E-state index is 0.235. The molecule has 1 rings (SSSR count). The van der Waals surface area contributed by atoms with E-state index in [1.807, 2.05) is 13.8 Å². The average molecular weight is 264 g/mol. The van der Waals surface area contributed by atoms with Crippen LogP contribution in [0.4, 0.5) is 0 Å². The molecular formula is C15H24N2O2. The molecule has 0 saturated heterocycles. The van der Waals surface area contributed by atoms with Gasteiger partial charge in [-0.05, 0) is 33.2 Å². The molecule has 0 aromatic carbocycles. The zero-order valence-electron chi connectivity index (χ0n) is 12.2. The summed E-state index contributed by atoms with van der Waals surface area (Å²) in [5.74, 6) is 1.07.